The van der Waals surface area contributed by atoms with Crippen LogP contribution in [0.4, 0.5) is 16.2 Å². The molecule has 0 atom stereocenters. The van der Waals surface area contributed by atoms with E-state index in [1.54, 1.807) is 0 Å². The van der Waals surface area contributed by atoms with Gasteiger partial charge >= 0.3 is 6.03 Å². The average Bonchev–Trinajstić information content (AvgIpc) is 3.01. The standard InChI is InChI=1S/C16H17N5OS/c1-21(2)13-6-3-11(4-7-13)10-17-16(22)18-12-5-8-14-15(9-12)23-20-19-14/h3-9H,10H2,1-2H3,(H2,17,18,22). The van der Waals surface area contributed by atoms with E-state index in [1.165, 1.54) is 11.5 Å². The van der Waals surface area contributed by atoms with Gasteiger partial charge in [-0.3, -0.25) is 0 Å². The number of aromatic nitrogens is 2. The predicted molar refractivity (Wildman–Crippen MR) is 94.0 cm³/mol. The Morgan fingerprint density at radius 1 is 1.17 bits per heavy atom. The Kier molecular flexibility index (Phi) is 4.38. The number of amides is 2. The van der Waals surface area contributed by atoms with Crippen molar-refractivity contribution in [3.63, 3.8) is 0 Å². The van der Waals surface area contributed by atoms with Gasteiger partial charge in [0.05, 0.1) is 4.70 Å². The molecule has 3 aromatic rings. The van der Waals surface area contributed by atoms with Crippen LogP contribution in [-0.2, 0) is 6.54 Å². The number of urea groups is 1. The Labute approximate surface area is 138 Å². The Morgan fingerprint density at radius 2 is 1.96 bits per heavy atom. The van der Waals surface area contributed by atoms with Crippen molar-refractivity contribution >= 4 is 39.2 Å². The van der Waals surface area contributed by atoms with Crippen molar-refractivity contribution in [2.24, 2.45) is 0 Å². The van der Waals surface area contributed by atoms with Crippen molar-refractivity contribution in [1.29, 1.82) is 0 Å². The predicted octanol–water partition coefficient (Wildman–Crippen LogP) is 3.08. The molecule has 2 N–H and O–H groups in total. The normalized spacial score (nSPS) is 10.5. The molecule has 0 aliphatic heterocycles. The average molecular weight is 327 g/mol. The van der Waals surface area contributed by atoms with Crippen molar-refractivity contribution in [2.75, 3.05) is 24.3 Å². The number of carbonyl (C=O) groups excluding carboxylic acids is 1. The third-order valence-electron chi connectivity index (χ3n) is 3.41. The van der Waals surface area contributed by atoms with E-state index in [1.807, 2.05) is 61.5 Å². The number of benzene rings is 2. The van der Waals surface area contributed by atoms with Gasteiger partial charge in [0.2, 0.25) is 0 Å². The van der Waals surface area contributed by atoms with E-state index in [4.69, 9.17) is 0 Å². The summed E-state index contributed by atoms with van der Waals surface area (Å²) in [5, 5.41) is 9.63. The topological polar surface area (TPSA) is 70.2 Å². The lowest BCUT2D eigenvalue weighted by molar-refractivity contribution is 0.251. The highest BCUT2D eigenvalue weighted by Crippen LogP contribution is 2.20. The minimum atomic E-state index is -0.237. The van der Waals surface area contributed by atoms with Gasteiger partial charge in [-0.15, -0.1) is 5.10 Å². The van der Waals surface area contributed by atoms with Crippen molar-refractivity contribution < 1.29 is 4.79 Å². The molecule has 0 fully saturated rings. The number of rotatable bonds is 4. The zero-order valence-electron chi connectivity index (χ0n) is 12.9. The van der Waals surface area contributed by atoms with Crippen LogP contribution in [0.3, 0.4) is 0 Å². The van der Waals surface area contributed by atoms with Gasteiger partial charge in [0.15, 0.2) is 0 Å². The number of nitrogens with one attached hydrogen (secondary N) is 2. The van der Waals surface area contributed by atoms with Gasteiger partial charge in [0.1, 0.15) is 5.52 Å². The van der Waals surface area contributed by atoms with E-state index in [9.17, 15) is 4.79 Å². The number of hydrogen-bond acceptors (Lipinski definition) is 5. The molecule has 0 radical (unpaired) electrons. The molecule has 0 aliphatic carbocycles. The second kappa shape index (κ2) is 6.62. The van der Waals surface area contributed by atoms with Crippen molar-refractivity contribution in [3.8, 4) is 0 Å². The zero-order valence-corrected chi connectivity index (χ0v) is 13.7. The smallest absolute Gasteiger partial charge is 0.319 e. The summed E-state index contributed by atoms with van der Waals surface area (Å²) >= 11 is 1.31. The van der Waals surface area contributed by atoms with Crippen LogP contribution in [0.1, 0.15) is 5.56 Å². The van der Waals surface area contributed by atoms with Crippen LogP contribution in [0, 0.1) is 0 Å². The molecular weight excluding hydrogens is 310 g/mol. The van der Waals surface area contributed by atoms with Gasteiger partial charge in [-0.2, -0.15) is 0 Å². The molecule has 7 heteroatoms. The first-order chi connectivity index (χ1) is 11.1. The van der Waals surface area contributed by atoms with E-state index in [-0.39, 0.29) is 6.03 Å². The van der Waals surface area contributed by atoms with Crippen LogP contribution >= 0.6 is 11.5 Å². The van der Waals surface area contributed by atoms with Crippen LogP contribution in [0.25, 0.3) is 10.2 Å². The number of carbonyl (C=O) groups is 1. The summed E-state index contributed by atoms with van der Waals surface area (Å²) in [6, 6.07) is 13.3. The van der Waals surface area contributed by atoms with Crippen molar-refractivity contribution in [3.05, 3.63) is 48.0 Å². The summed E-state index contributed by atoms with van der Waals surface area (Å²) in [6.45, 7) is 0.476. The van der Waals surface area contributed by atoms with Gasteiger partial charge in [0.25, 0.3) is 0 Å². The fourth-order valence-corrected chi connectivity index (χ4v) is 2.72. The van der Waals surface area contributed by atoms with E-state index < -0.39 is 0 Å². The molecule has 0 aliphatic rings. The second-order valence-corrected chi connectivity index (χ2v) is 6.11. The molecule has 6 nitrogen and oxygen atoms in total. The highest BCUT2D eigenvalue weighted by atomic mass is 32.1. The third kappa shape index (κ3) is 3.75. The lowest BCUT2D eigenvalue weighted by Gasteiger charge is -2.13. The molecule has 0 unspecified atom stereocenters. The number of anilines is 2. The molecule has 118 valence electrons. The first-order valence-corrected chi connectivity index (χ1v) is 7.92. The number of hydrogen-bond donors (Lipinski definition) is 2. The van der Waals surface area contributed by atoms with Gasteiger partial charge < -0.3 is 15.5 Å². The van der Waals surface area contributed by atoms with Crippen LogP contribution in [0.5, 0.6) is 0 Å². The summed E-state index contributed by atoms with van der Waals surface area (Å²) in [4.78, 5) is 14.0. The maximum Gasteiger partial charge on any atom is 0.319 e. The molecule has 0 saturated carbocycles. The number of fused-ring (bicyclic) bond motifs is 1. The molecular formula is C16H17N5OS. The molecule has 1 aromatic heterocycles. The fraction of sp³-hybridized carbons (Fsp3) is 0.188. The molecule has 0 spiro atoms. The van der Waals surface area contributed by atoms with Crippen molar-refractivity contribution in [1.82, 2.24) is 14.9 Å². The lowest BCUT2D eigenvalue weighted by Crippen LogP contribution is -2.28. The highest BCUT2D eigenvalue weighted by Gasteiger charge is 2.05. The molecule has 2 aromatic carbocycles. The van der Waals surface area contributed by atoms with Crippen LogP contribution in [0.15, 0.2) is 42.5 Å². The van der Waals surface area contributed by atoms with Gasteiger partial charge in [-0.05, 0) is 47.4 Å². The minimum Gasteiger partial charge on any atom is -0.378 e. The van der Waals surface area contributed by atoms with Crippen LogP contribution in [0.2, 0.25) is 0 Å². The van der Waals surface area contributed by atoms with E-state index in [0.717, 1.165) is 27.2 Å². The molecule has 2 amide bonds. The zero-order chi connectivity index (χ0) is 16.2. The fourth-order valence-electron chi connectivity index (χ4n) is 2.13. The summed E-state index contributed by atoms with van der Waals surface area (Å²) in [7, 11) is 3.99. The van der Waals surface area contributed by atoms with Crippen LogP contribution < -0.4 is 15.5 Å². The molecule has 1 heterocycles. The Hall–Kier alpha value is -2.67. The first-order valence-electron chi connectivity index (χ1n) is 7.15. The third-order valence-corrected chi connectivity index (χ3v) is 4.10. The van der Waals surface area contributed by atoms with Gasteiger partial charge in [-0.25, -0.2) is 4.79 Å². The van der Waals surface area contributed by atoms with E-state index >= 15 is 0 Å². The quantitative estimate of drug-likeness (QED) is 0.772. The molecule has 0 saturated heterocycles. The lowest BCUT2D eigenvalue weighted by atomic mass is 10.2. The minimum absolute atomic E-state index is 0.237. The summed E-state index contributed by atoms with van der Waals surface area (Å²) in [5.41, 5.74) is 3.74. The molecule has 0 bridgehead atoms. The molecule has 3 rings (SSSR count). The van der Waals surface area contributed by atoms with Gasteiger partial charge in [-0.1, -0.05) is 16.6 Å². The number of nitrogens with zero attached hydrogens (tertiary/aromatic N) is 3. The monoisotopic (exact) mass is 327 g/mol. The van der Waals surface area contributed by atoms with E-state index in [2.05, 4.69) is 20.2 Å². The maximum atomic E-state index is 12.0. The van der Waals surface area contributed by atoms with Crippen LogP contribution in [-0.4, -0.2) is 29.7 Å². The van der Waals surface area contributed by atoms with E-state index in [0.29, 0.717) is 6.54 Å². The second-order valence-electron chi connectivity index (χ2n) is 5.32. The Balaban J connectivity index is 1.56. The summed E-state index contributed by atoms with van der Waals surface area (Å²) in [6.07, 6.45) is 0. The maximum absolute atomic E-state index is 12.0. The van der Waals surface area contributed by atoms with Crippen molar-refractivity contribution in [2.45, 2.75) is 6.54 Å². The highest BCUT2D eigenvalue weighted by molar-refractivity contribution is 7.12. The Bertz CT molecular complexity index is 813. The molecule has 23 heavy (non-hydrogen) atoms. The first kappa shape index (κ1) is 15.2. The SMILES string of the molecule is CN(C)c1ccc(CNC(=O)Nc2ccc3nnsc3c2)cc1. The largest absolute Gasteiger partial charge is 0.378 e. The summed E-state index contributed by atoms with van der Waals surface area (Å²) < 4.78 is 4.82. The Morgan fingerprint density at radius 3 is 2.70 bits per heavy atom. The summed E-state index contributed by atoms with van der Waals surface area (Å²) in [5.74, 6) is 0. The van der Waals surface area contributed by atoms with Gasteiger partial charge in [0, 0.05) is 32.0 Å².